The van der Waals surface area contributed by atoms with Crippen molar-refractivity contribution in [3.8, 4) is 0 Å². The fraction of sp³-hybridized carbons (Fsp3) is 0.353. The van der Waals surface area contributed by atoms with Crippen LogP contribution in [0.3, 0.4) is 0 Å². The number of nitrogens with zero attached hydrogens (tertiary/aromatic N) is 1. The van der Waals surface area contributed by atoms with Gasteiger partial charge in [-0.3, -0.25) is 4.98 Å². The minimum atomic E-state index is -0.159. The number of hydrogen-bond donors (Lipinski definition) is 1. The Balaban J connectivity index is 1.52. The zero-order chi connectivity index (χ0) is 13.9. The summed E-state index contributed by atoms with van der Waals surface area (Å²) in [5.41, 5.74) is 2.47. The number of benzene rings is 1. The fourth-order valence-corrected chi connectivity index (χ4v) is 2.84. The summed E-state index contributed by atoms with van der Waals surface area (Å²) in [4.78, 5) is 4.15. The van der Waals surface area contributed by atoms with Crippen molar-refractivity contribution >= 4 is 0 Å². The Morgan fingerprint density at radius 1 is 1.20 bits per heavy atom. The second-order valence-electron chi connectivity index (χ2n) is 5.59. The van der Waals surface area contributed by atoms with Crippen LogP contribution in [0.5, 0.6) is 0 Å². The van der Waals surface area contributed by atoms with Gasteiger partial charge in [-0.25, -0.2) is 4.39 Å². The minimum Gasteiger partial charge on any atom is -0.307 e. The molecule has 1 aliphatic rings. The molecular formula is C17H19FN2. The van der Waals surface area contributed by atoms with Gasteiger partial charge in [0.05, 0.1) is 0 Å². The molecular weight excluding hydrogens is 251 g/mol. The highest BCUT2D eigenvalue weighted by atomic mass is 19.1. The molecule has 0 unspecified atom stereocenters. The first kappa shape index (κ1) is 13.3. The Morgan fingerprint density at radius 3 is 2.60 bits per heavy atom. The molecule has 2 nitrogen and oxygen atoms in total. The molecule has 1 N–H and O–H groups in total. The van der Waals surface area contributed by atoms with Gasteiger partial charge in [0.2, 0.25) is 0 Å². The van der Waals surface area contributed by atoms with E-state index in [1.807, 2.05) is 24.4 Å². The molecule has 3 rings (SSSR count). The molecule has 0 bridgehead atoms. The monoisotopic (exact) mass is 270 g/mol. The van der Waals surface area contributed by atoms with Crippen molar-refractivity contribution in [3.05, 3.63) is 65.7 Å². The summed E-state index contributed by atoms with van der Waals surface area (Å²) in [6.45, 7) is 2.17. The second kappa shape index (κ2) is 5.71. The highest BCUT2D eigenvalue weighted by Gasteiger charge is 2.31. The fourth-order valence-electron chi connectivity index (χ4n) is 2.84. The van der Waals surface area contributed by atoms with Gasteiger partial charge in [0.25, 0.3) is 0 Å². The van der Waals surface area contributed by atoms with E-state index in [-0.39, 0.29) is 5.82 Å². The van der Waals surface area contributed by atoms with E-state index in [0.29, 0.717) is 18.0 Å². The van der Waals surface area contributed by atoms with Gasteiger partial charge in [0.15, 0.2) is 0 Å². The standard InChI is InChI=1S/C17H19FN2/c1-12(14-3-2-8-19-11-14)20-17-9-15(10-17)13-4-6-16(18)7-5-13/h2-8,11-12,15,17,20H,9-10H2,1H3/t12-,15?,17?/m0/s1. The summed E-state index contributed by atoms with van der Waals surface area (Å²) < 4.78 is 12.9. The molecule has 1 aromatic heterocycles. The third-order valence-electron chi connectivity index (χ3n) is 4.15. The molecule has 0 radical (unpaired) electrons. The van der Waals surface area contributed by atoms with E-state index in [1.54, 1.807) is 18.3 Å². The summed E-state index contributed by atoms with van der Waals surface area (Å²) in [6, 6.07) is 11.8. The first-order chi connectivity index (χ1) is 9.72. The van der Waals surface area contributed by atoms with Gasteiger partial charge < -0.3 is 5.32 Å². The van der Waals surface area contributed by atoms with Crippen molar-refractivity contribution in [3.63, 3.8) is 0 Å². The molecule has 3 heteroatoms. The SMILES string of the molecule is C[C@H](NC1CC(c2ccc(F)cc2)C1)c1cccnc1. The zero-order valence-electron chi connectivity index (χ0n) is 11.6. The smallest absolute Gasteiger partial charge is 0.123 e. The van der Waals surface area contributed by atoms with Crippen molar-refractivity contribution in [1.29, 1.82) is 0 Å². The van der Waals surface area contributed by atoms with Crippen LogP contribution in [-0.4, -0.2) is 11.0 Å². The maximum Gasteiger partial charge on any atom is 0.123 e. The van der Waals surface area contributed by atoms with Gasteiger partial charge in [0, 0.05) is 24.5 Å². The predicted molar refractivity (Wildman–Crippen MR) is 78.0 cm³/mol. The molecule has 0 aliphatic heterocycles. The van der Waals surface area contributed by atoms with Crippen LogP contribution in [0.15, 0.2) is 48.8 Å². The van der Waals surface area contributed by atoms with E-state index in [0.717, 1.165) is 12.8 Å². The number of halogens is 1. The molecule has 0 saturated heterocycles. The zero-order valence-corrected chi connectivity index (χ0v) is 11.6. The molecule has 1 atom stereocenters. The van der Waals surface area contributed by atoms with E-state index >= 15 is 0 Å². The Hall–Kier alpha value is -1.74. The van der Waals surface area contributed by atoms with E-state index in [4.69, 9.17) is 0 Å². The lowest BCUT2D eigenvalue weighted by Gasteiger charge is -2.38. The van der Waals surface area contributed by atoms with Crippen LogP contribution in [-0.2, 0) is 0 Å². The van der Waals surface area contributed by atoms with Crippen LogP contribution in [0.25, 0.3) is 0 Å². The third kappa shape index (κ3) is 2.88. The Morgan fingerprint density at radius 2 is 1.95 bits per heavy atom. The molecule has 1 aliphatic carbocycles. The number of hydrogen-bond acceptors (Lipinski definition) is 2. The number of rotatable bonds is 4. The lowest BCUT2D eigenvalue weighted by Crippen LogP contribution is -2.41. The molecule has 1 saturated carbocycles. The summed E-state index contributed by atoms with van der Waals surface area (Å²) >= 11 is 0. The van der Waals surface area contributed by atoms with Crippen LogP contribution in [0.1, 0.15) is 42.9 Å². The van der Waals surface area contributed by atoms with Crippen molar-refractivity contribution in [1.82, 2.24) is 10.3 Å². The van der Waals surface area contributed by atoms with Crippen molar-refractivity contribution < 1.29 is 4.39 Å². The summed E-state index contributed by atoms with van der Waals surface area (Å²) in [7, 11) is 0. The van der Waals surface area contributed by atoms with Gasteiger partial charge in [0.1, 0.15) is 5.82 Å². The van der Waals surface area contributed by atoms with Gasteiger partial charge >= 0.3 is 0 Å². The minimum absolute atomic E-state index is 0.159. The molecule has 2 aromatic rings. The topological polar surface area (TPSA) is 24.9 Å². The number of nitrogens with one attached hydrogen (secondary N) is 1. The maximum atomic E-state index is 12.9. The van der Waals surface area contributed by atoms with Gasteiger partial charge in [-0.15, -0.1) is 0 Å². The Kier molecular flexibility index (Phi) is 3.79. The van der Waals surface area contributed by atoms with Crippen molar-refractivity contribution in [2.75, 3.05) is 0 Å². The third-order valence-corrected chi connectivity index (χ3v) is 4.15. The average Bonchev–Trinajstić information content (AvgIpc) is 2.44. The van der Waals surface area contributed by atoms with E-state index < -0.39 is 0 Å². The molecule has 0 spiro atoms. The van der Waals surface area contributed by atoms with Crippen LogP contribution < -0.4 is 5.32 Å². The second-order valence-corrected chi connectivity index (χ2v) is 5.59. The first-order valence-electron chi connectivity index (χ1n) is 7.14. The summed E-state index contributed by atoms with van der Waals surface area (Å²) in [5, 5.41) is 3.63. The van der Waals surface area contributed by atoms with Crippen LogP contribution >= 0.6 is 0 Å². The highest BCUT2D eigenvalue weighted by molar-refractivity contribution is 5.24. The van der Waals surface area contributed by atoms with Crippen molar-refractivity contribution in [2.24, 2.45) is 0 Å². The molecule has 20 heavy (non-hydrogen) atoms. The number of aromatic nitrogens is 1. The number of pyridine rings is 1. The van der Waals surface area contributed by atoms with Gasteiger partial charge in [-0.2, -0.15) is 0 Å². The van der Waals surface area contributed by atoms with Crippen LogP contribution in [0, 0.1) is 5.82 Å². The molecule has 1 aromatic carbocycles. The Labute approximate surface area is 119 Å². The Bertz CT molecular complexity index is 547. The van der Waals surface area contributed by atoms with Gasteiger partial charge in [-0.1, -0.05) is 18.2 Å². The largest absolute Gasteiger partial charge is 0.307 e. The molecule has 1 heterocycles. The maximum absolute atomic E-state index is 12.9. The van der Waals surface area contributed by atoms with E-state index in [1.165, 1.54) is 11.1 Å². The summed E-state index contributed by atoms with van der Waals surface area (Å²) in [5.74, 6) is 0.405. The average molecular weight is 270 g/mol. The normalized spacial score (nSPS) is 23.1. The predicted octanol–water partition coefficient (Wildman–Crippen LogP) is 3.82. The quantitative estimate of drug-likeness (QED) is 0.913. The molecule has 104 valence electrons. The highest BCUT2D eigenvalue weighted by Crippen LogP contribution is 2.37. The van der Waals surface area contributed by atoms with Crippen LogP contribution in [0.2, 0.25) is 0 Å². The van der Waals surface area contributed by atoms with Crippen molar-refractivity contribution in [2.45, 2.75) is 37.8 Å². The summed E-state index contributed by atoms with van der Waals surface area (Å²) in [6.07, 6.45) is 5.95. The first-order valence-corrected chi connectivity index (χ1v) is 7.14. The van der Waals surface area contributed by atoms with E-state index in [2.05, 4.69) is 23.3 Å². The van der Waals surface area contributed by atoms with Gasteiger partial charge in [-0.05, 0) is 55.0 Å². The lowest BCUT2D eigenvalue weighted by atomic mass is 9.75. The van der Waals surface area contributed by atoms with E-state index in [9.17, 15) is 4.39 Å². The van der Waals surface area contributed by atoms with Crippen LogP contribution in [0.4, 0.5) is 4.39 Å². The lowest BCUT2D eigenvalue weighted by molar-refractivity contribution is 0.270. The molecule has 0 amide bonds. The molecule has 1 fully saturated rings.